The van der Waals surface area contributed by atoms with Gasteiger partial charge in [-0.1, -0.05) is 315 Å². The first-order valence-corrected chi connectivity index (χ1v) is 30.5. The van der Waals surface area contributed by atoms with Crippen molar-refractivity contribution in [2.24, 2.45) is 0 Å². The summed E-state index contributed by atoms with van der Waals surface area (Å²) >= 11 is 0. The first-order valence-electron chi connectivity index (χ1n) is 30.5. The minimum atomic E-state index is -1.16. The molecule has 0 heterocycles. The zero-order valence-corrected chi connectivity index (χ0v) is 45.1. The fourth-order valence-corrected chi connectivity index (χ4v) is 9.93. The van der Waals surface area contributed by atoms with E-state index in [2.05, 4.69) is 31.3 Å². The van der Waals surface area contributed by atoms with Crippen molar-refractivity contribution in [3.63, 3.8) is 0 Å². The number of carbonyl (C=O) groups is 1. The van der Waals surface area contributed by atoms with Crippen molar-refractivity contribution in [3.05, 3.63) is 12.2 Å². The molecule has 0 rings (SSSR count). The van der Waals surface area contributed by atoms with Crippen LogP contribution in [0.15, 0.2) is 12.2 Å². The molecular weight excluding hydrogens is 811 g/mol. The van der Waals surface area contributed by atoms with Gasteiger partial charge in [-0.15, -0.1) is 0 Å². The molecule has 0 aliphatic carbocycles. The number of carbonyl (C=O) groups excluding carboxylic acids is 1. The Morgan fingerprint density at radius 1 is 0.364 bits per heavy atom. The van der Waals surface area contributed by atoms with Crippen molar-refractivity contribution in [1.82, 2.24) is 5.32 Å². The lowest BCUT2D eigenvalue weighted by molar-refractivity contribution is -0.124. The van der Waals surface area contributed by atoms with Crippen LogP contribution < -0.4 is 5.32 Å². The lowest BCUT2D eigenvalue weighted by Gasteiger charge is -2.26. The van der Waals surface area contributed by atoms with Crippen LogP contribution in [0.1, 0.15) is 348 Å². The third-order valence-electron chi connectivity index (χ3n) is 14.6. The van der Waals surface area contributed by atoms with Crippen LogP contribution in [0.4, 0.5) is 0 Å². The Balaban J connectivity index is 3.49. The third-order valence-corrected chi connectivity index (χ3v) is 14.6. The first kappa shape index (κ1) is 65.1. The van der Waals surface area contributed by atoms with Crippen LogP contribution in [0.5, 0.6) is 0 Å². The summed E-state index contributed by atoms with van der Waals surface area (Å²) in [5, 5.41) is 33.8. The predicted octanol–water partition coefficient (Wildman–Crippen LogP) is 19.1. The molecule has 66 heavy (non-hydrogen) atoms. The molecule has 0 aliphatic rings. The van der Waals surface area contributed by atoms with Crippen LogP contribution in [-0.2, 0) is 4.79 Å². The molecule has 0 aromatic heterocycles. The summed E-state index contributed by atoms with van der Waals surface area (Å²) in [4.78, 5) is 12.5. The Morgan fingerprint density at radius 3 is 0.879 bits per heavy atom. The standard InChI is InChI=1S/C61H121NO4/c1-3-5-7-9-11-13-15-17-19-21-23-25-26-27-28-29-30-31-32-33-34-36-38-40-42-44-46-48-50-52-54-56-60(65)62-58(57-63)61(66)59(64)55-53-51-49-47-45-43-41-39-37-35-24-22-20-18-16-14-12-10-8-6-4-2/h47,49,58-59,61,63-64,66H,3-46,48,50-57H2,1-2H3,(H,62,65)/b49-47+. The van der Waals surface area contributed by atoms with E-state index >= 15 is 0 Å². The van der Waals surface area contributed by atoms with E-state index in [0.717, 1.165) is 38.5 Å². The van der Waals surface area contributed by atoms with Crippen LogP contribution in [0.25, 0.3) is 0 Å². The summed E-state index contributed by atoms with van der Waals surface area (Å²) in [5.74, 6) is -0.146. The maximum Gasteiger partial charge on any atom is 0.220 e. The van der Waals surface area contributed by atoms with Crippen LogP contribution in [0.2, 0.25) is 0 Å². The molecule has 0 saturated carbocycles. The Labute approximate surface area is 414 Å². The van der Waals surface area contributed by atoms with Gasteiger partial charge in [0, 0.05) is 6.42 Å². The maximum absolute atomic E-state index is 12.5. The zero-order valence-electron chi connectivity index (χ0n) is 45.1. The van der Waals surface area contributed by atoms with Gasteiger partial charge in [0.2, 0.25) is 5.91 Å². The molecule has 3 atom stereocenters. The largest absolute Gasteiger partial charge is 0.394 e. The summed E-state index contributed by atoms with van der Waals surface area (Å²) < 4.78 is 0. The molecule has 0 bridgehead atoms. The van der Waals surface area contributed by atoms with Gasteiger partial charge in [0.1, 0.15) is 6.10 Å². The van der Waals surface area contributed by atoms with E-state index in [-0.39, 0.29) is 12.5 Å². The minimum absolute atomic E-state index is 0.146. The van der Waals surface area contributed by atoms with Crippen molar-refractivity contribution in [3.8, 4) is 0 Å². The molecule has 0 fully saturated rings. The van der Waals surface area contributed by atoms with E-state index in [9.17, 15) is 20.1 Å². The Morgan fingerprint density at radius 2 is 0.606 bits per heavy atom. The van der Waals surface area contributed by atoms with Crippen LogP contribution in [-0.4, -0.2) is 46.1 Å². The number of amides is 1. The van der Waals surface area contributed by atoms with Gasteiger partial charge in [0.05, 0.1) is 18.8 Å². The molecule has 0 spiro atoms. The Kier molecular flexibility index (Phi) is 55.9. The topological polar surface area (TPSA) is 89.8 Å². The first-order chi connectivity index (χ1) is 32.6. The van der Waals surface area contributed by atoms with Gasteiger partial charge in [-0.2, -0.15) is 0 Å². The fraction of sp³-hybridized carbons (Fsp3) is 0.951. The van der Waals surface area contributed by atoms with Gasteiger partial charge in [0.15, 0.2) is 0 Å². The molecule has 0 radical (unpaired) electrons. The summed E-state index contributed by atoms with van der Waals surface area (Å²) in [7, 11) is 0. The van der Waals surface area contributed by atoms with Gasteiger partial charge < -0.3 is 20.6 Å². The van der Waals surface area contributed by atoms with Gasteiger partial charge in [-0.05, 0) is 38.5 Å². The van der Waals surface area contributed by atoms with Crippen LogP contribution in [0.3, 0.4) is 0 Å². The zero-order chi connectivity index (χ0) is 47.9. The molecular formula is C61H121NO4. The molecule has 5 heteroatoms. The highest BCUT2D eigenvalue weighted by atomic mass is 16.3. The molecule has 0 saturated heterocycles. The molecule has 394 valence electrons. The number of aliphatic hydroxyl groups is 3. The second kappa shape index (κ2) is 56.7. The lowest BCUT2D eigenvalue weighted by Crippen LogP contribution is -2.50. The highest BCUT2D eigenvalue weighted by molar-refractivity contribution is 5.76. The van der Waals surface area contributed by atoms with Crippen LogP contribution in [0, 0.1) is 0 Å². The number of aliphatic hydroxyl groups excluding tert-OH is 3. The minimum Gasteiger partial charge on any atom is -0.394 e. The number of rotatable bonds is 57. The van der Waals surface area contributed by atoms with Gasteiger partial charge in [-0.3, -0.25) is 4.79 Å². The van der Waals surface area contributed by atoms with Crippen molar-refractivity contribution in [2.45, 2.75) is 366 Å². The van der Waals surface area contributed by atoms with Crippen LogP contribution >= 0.6 is 0 Å². The molecule has 4 N–H and O–H groups in total. The predicted molar refractivity (Wildman–Crippen MR) is 292 cm³/mol. The molecule has 0 aromatic carbocycles. The SMILES string of the molecule is CCCCCCCCCCCCCCCCCC/C=C/CCCC(O)C(O)C(CO)NC(=O)CCCCCCCCCCCCCCCCCCCCCCCCCCCCCCCCC. The summed E-state index contributed by atoms with van der Waals surface area (Å²) in [6.07, 6.45) is 71.1. The van der Waals surface area contributed by atoms with Gasteiger partial charge in [-0.25, -0.2) is 0 Å². The highest BCUT2D eigenvalue weighted by Crippen LogP contribution is 2.19. The second-order valence-corrected chi connectivity index (χ2v) is 21.3. The summed E-state index contributed by atoms with van der Waals surface area (Å²) in [6, 6.07) is -0.823. The highest BCUT2D eigenvalue weighted by Gasteiger charge is 2.26. The number of hydrogen-bond donors (Lipinski definition) is 4. The molecule has 0 aromatic rings. The summed E-state index contributed by atoms with van der Waals surface area (Å²) in [6.45, 7) is 4.22. The van der Waals surface area contributed by atoms with E-state index < -0.39 is 18.2 Å². The van der Waals surface area contributed by atoms with E-state index in [1.165, 1.54) is 283 Å². The fourth-order valence-electron chi connectivity index (χ4n) is 9.93. The number of hydrogen-bond acceptors (Lipinski definition) is 4. The average molecular weight is 933 g/mol. The Hall–Kier alpha value is -0.910. The molecule has 3 unspecified atom stereocenters. The maximum atomic E-state index is 12.5. The van der Waals surface area contributed by atoms with Crippen molar-refractivity contribution in [2.75, 3.05) is 6.61 Å². The number of unbranched alkanes of at least 4 members (excludes halogenated alkanes) is 47. The Bertz CT molecular complexity index is 940. The van der Waals surface area contributed by atoms with Crippen molar-refractivity contribution >= 4 is 5.91 Å². The summed E-state index contributed by atoms with van der Waals surface area (Å²) in [5.41, 5.74) is 0. The van der Waals surface area contributed by atoms with Gasteiger partial charge in [0.25, 0.3) is 0 Å². The smallest absolute Gasteiger partial charge is 0.220 e. The van der Waals surface area contributed by atoms with E-state index in [1.54, 1.807) is 0 Å². The normalized spacial score (nSPS) is 13.2. The number of allylic oxidation sites excluding steroid dienone is 2. The quantitative estimate of drug-likeness (QED) is 0.0361. The second-order valence-electron chi connectivity index (χ2n) is 21.3. The molecule has 1 amide bonds. The van der Waals surface area contributed by atoms with Crippen molar-refractivity contribution < 1.29 is 20.1 Å². The molecule has 5 nitrogen and oxygen atoms in total. The van der Waals surface area contributed by atoms with Gasteiger partial charge >= 0.3 is 0 Å². The van der Waals surface area contributed by atoms with Crippen molar-refractivity contribution in [1.29, 1.82) is 0 Å². The van der Waals surface area contributed by atoms with E-state index in [1.807, 2.05) is 0 Å². The van der Waals surface area contributed by atoms with E-state index in [4.69, 9.17) is 0 Å². The number of nitrogens with one attached hydrogen (secondary N) is 1. The average Bonchev–Trinajstić information content (AvgIpc) is 3.32. The van der Waals surface area contributed by atoms with E-state index in [0.29, 0.717) is 12.8 Å². The third kappa shape index (κ3) is 51.0. The molecule has 0 aliphatic heterocycles. The monoisotopic (exact) mass is 932 g/mol. The lowest BCUT2D eigenvalue weighted by atomic mass is 10.0.